The lowest BCUT2D eigenvalue weighted by atomic mass is 9.86. The molecule has 0 saturated carbocycles. The van der Waals surface area contributed by atoms with Crippen molar-refractivity contribution in [3.8, 4) is 12.1 Å². The Kier molecular flexibility index (Phi) is 4.75. The number of allylic oxidation sites excluding steroid dienone is 1. The second-order valence-electron chi connectivity index (χ2n) is 3.60. The van der Waals surface area contributed by atoms with Crippen LogP contribution in [0.1, 0.15) is 6.92 Å². The summed E-state index contributed by atoms with van der Waals surface area (Å²) in [5, 5.41) is 20.7. The second kappa shape index (κ2) is 6.08. The highest BCUT2D eigenvalue weighted by Crippen LogP contribution is 2.31. The molecule has 0 bridgehead atoms. The van der Waals surface area contributed by atoms with E-state index in [1.54, 1.807) is 6.92 Å². The molecule has 1 N–H and O–H groups in total. The fourth-order valence-electron chi connectivity index (χ4n) is 1.48. The van der Waals surface area contributed by atoms with E-state index in [4.69, 9.17) is 10.5 Å². The van der Waals surface area contributed by atoms with E-state index in [0.717, 1.165) is 11.8 Å². The zero-order valence-corrected chi connectivity index (χ0v) is 10.7. The Morgan fingerprint density at radius 2 is 2.22 bits per heavy atom. The van der Waals surface area contributed by atoms with Crippen LogP contribution >= 0.6 is 11.8 Å². The lowest BCUT2D eigenvalue weighted by Gasteiger charge is -2.25. The smallest absolute Gasteiger partial charge is 0.316 e. The number of ether oxygens (including phenoxy) is 1. The van der Waals surface area contributed by atoms with Crippen LogP contribution in [0.15, 0.2) is 10.6 Å². The van der Waals surface area contributed by atoms with Gasteiger partial charge in [-0.2, -0.15) is 10.5 Å². The molecule has 2 atom stereocenters. The Hall–Kier alpha value is -1.99. The first-order valence-electron chi connectivity index (χ1n) is 5.09. The third kappa shape index (κ3) is 2.82. The number of esters is 1. The van der Waals surface area contributed by atoms with E-state index in [1.807, 2.05) is 12.1 Å². The predicted octanol–water partition coefficient (Wildman–Crippen LogP) is 0.533. The van der Waals surface area contributed by atoms with Gasteiger partial charge in [0.2, 0.25) is 5.91 Å². The molecule has 0 aromatic heterocycles. The van der Waals surface area contributed by atoms with E-state index in [2.05, 4.69) is 10.1 Å². The maximum Gasteiger partial charge on any atom is 0.316 e. The van der Waals surface area contributed by atoms with E-state index in [-0.39, 0.29) is 5.75 Å². The van der Waals surface area contributed by atoms with E-state index >= 15 is 0 Å². The number of nitriles is 2. The Morgan fingerprint density at radius 1 is 1.56 bits per heavy atom. The van der Waals surface area contributed by atoms with Gasteiger partial charge in [-0.3, -0.25) is 9.59 Å². The van der Waals surface area contributed by atoms with Crippen LogP contribution in [0.25, 0.3) is 0 Å². The van der Waals surface area contributed by atoms with Gasteiger partial charge in [0.05, 0.1) is 35.6 Å². The normalized spacial score (nSPS) is 22.8. The summed E-state index contributed by atoms with van der Waals surface area (Å²) >= 11 is 1.02. The first-order valence-corrected chi connectivity index (χ1v) is 6.08. The van der Waals surface area contributed by atoms with Crippen LogP contribution in [-0.4, -0.2) is 24.7 Å². The fourth-order valence-corrected chi connectivity index (χ4v) is 2.42. The zero-order chi connectivity index (χ0) is 13.7. The van der Waals surface area contributed by atoms with Crippen LogP contribution in [-0.2, 0) is 14.3 Å². The molecule has 1 aliphatic heterocycles. The molecule has 0 aromatic carbocycles. The number of rotatable bonds is 3. The number of carbonyl (C=O) groups excluding carboxylic acids is 2. The number of nitrogens with zero attached hydrogens (tertiary/aromatic N) is 2. The largest absolute Gasteiger partial charge is 0.468 e. The van der Waals surface area contributed by atoms with Crippen molar-refractivity contribution < 1.29 is 14.3 Å². The van der Waals surface area contributed by atoms with Gasteiger partial charge < -0.3 is 10.1 Å². The van der Waals surface area contributed by atoms with Crippen molar-refractivity contribution in [3.05, 3.63) is 10.6 Å². The molecule has 7 heteroatoms. The minimum atomic E-state index is -0.873. The first kappa shape index (κ1) is 14.1. The van der Waals surface area contributed by atoms with Gasteiger partial charge in [-0.25, -0.2) is 0 Å². The second-order valence-corrected chi connectivity index (χ2v) is 4.59. The van der Waals surface area contributed by atoms with Crippen molar-refractivity contribution in [2.45, 2.75) is 6.92 Å². The molecule has 1 heterocycles. The average molecular weight is 265 g/mol. The van der Waals surface area contributed by atoms with Gasteiger partial charge in [-0.1, -0.05) is 18.7 Å². The Labute approximate surface area is 109 Å². The van der Waals surface area contributed by atoms with Gasteiger partial charge in [0.15, 0.2) is 0 Å². The van der Waals surface area contributed by atoms with Crippen molar-refractivity contribution >= 4 is 23.6 Å². The van der Waals surface area contributed by atoms with Crippen LogP contribution in [0.3, 0.4) is 0 Å². The van der Waals surface area contributed by atoms with E-state index in [1.165, 1.54) is 7.11 Å². The Bertz CT molecular complexity index is 487. The lowest BCUT2D eigenvalue weighted by molar-refractivity contribution is -0.137. The summed E-state index contributed by atoms with van der Waals surface area (Å²) < 4.78 is 4.48. The van der Waals surface area contributed by atoms with Gasteiger partial charge in [-0.05, 0) is 0 Å². The summed E-state index contributed by atoms with van der Waals surface area (Å²) in [6.45, 7) is 1.64. The van der Waals surface area contributed by atoms with Gasteiger partial charge >= 0.3 is 5.97 Å². The number of methoxy groups -OCH3 is 1. The minimum Gasteiger partial charge on any atom is -0.468 e. The molecule has 0 aliphatic carbocycles. The number of thioether (sulfide) groups is 1. The van der Waals surface area contributed by atoms with Crippen molar-refractivity contribution in [3.63, 3.8) is 0 Å². The average Bonchev–Trinajstić information content (AvgIpc) is 2.36. The quantitative estimate of drug-likeness (QED) is 0.747. The predicted molar refractivity (Wildman–Crippen MR) is 63.5 cm³/mol. The van der Waals surface area contributed by atoms with E-state index in [0.29, 0.717) is 10.6 Å². The number of amides is 1. The van der Waals surface area contributed by atoms with E-state index < -0.39 is 23.7 Å². The van der Waals surface area contributed by atoms with Crippen molar-refractivity contribution in [1.29, 1.82) is 10.5 Å². The standard InChI is InChI=1S/C11H11N3O3S/c1-6-7(3-12)10(16)14-11(8(6)4-13)18-5-9(15)17-2/h6-7H,5H2,1-2H3,(H,14,16)/t6-,7-/m0/s1. The molecular formula is C11H11N3O3S. The van der Waals surface area contributed by atoms with Crippen molar-refractivity contribution in [2.75, 3.05) is 12.9 Å². The summed E-state index contributed by atoms with van der Waals surface area (Å²) in [5.74, 6) is -2.25. The first-order chi connectivity index (χ1) is 8.54. The molecule has 1 aliphatic rings. The molecule has 0 saturated heterocycles. The molecule has 18 heavy (non-hydrogen) atoms. The summed E-state index contributed by atoms with van der Waals surface area (Å²) in [7, 11) is 1.26. The van der Waals surface area contributed by atoms with Gasteiger partial charge in [-0.15, -0.1) is 0 Å². The highest BCUT2D eigenvalue weighted by molar-refractivity contribution is 8.03. The maximum absolute atomic E-state index is 11.6. The van der Waals surface area contributed by atoms with Crippen LogP contribution in [0, 0.1) is 34.5 Å². The molecule has 0 spiro atoms. The third-order valence-electron chi connectivity index (χ3n) is 2.54. The summed E-state index contributed by atoms with van der Waals surface area (Å²) in [5.41, 5.74) is 0.315. The highest BCUT2D eigenvalue weighted by atomic mass is 32.2. The lowest BCUT2D eigenvalue weighted by Crippen LogP contribution is -2.39. The van der Waals surface area contributed by atoms with Gasteiger partial charge in [0, 0.05) is 5.92 Å². The van der Waals surface area contributed by atoms with Crippen molar-refractivity contribution in [2.24, 2.45) is 11.8 Å². The highest BCUT2D eigenvalue weighted by Gasteiger charge is 2.35. The molecular weight excluding hydrogens is 254 g/mol. The molecule has 1 amide bonds. The molecule has 6 nitrogen and oxygen atoms in total. The van der Waals surface area contributed by atoms with Crippen LogP contribution in [0.2, 0.25) is 0 Å². The van der Waals surface area contributed by atoms with Crippen molar-refractivity contribution in [1.82, 2.24) is 5.32 Å². The maximum atomic E-state index is 11.6. The number of hydrogen-bond donors (Lipinski definition) is 1. The molecule has 1 rings (SSSR count). The van der Waals surface area contributed by atoms with Gasteiger partial charge in [0.25, 0.3) is 0 Å². The van der Waals surface area contributed by atoms with Crippen LogP contribution in [0.4, 0.5) is 0 Å². The minimum absolute atomic E-state index is 0.00122. The number of hydrogen-bond acceptors (Lipinski definition) is 6. The SMILES string of the molecule is COC(=O)CSC1=C(C#N)[C@@H](C)[C@H](C#N)C(=O)N1. The zero-order valence-electron chi connectivity index (χ0n) is 9.89. The Morgan fingerprint density at radius 3 is 2.72 bits per heavy atom. The van der Waals surface area contributed by atoms with Crippen LogP contribution < -0.4 is 5.32 Å². The monoisotopic (exact) mass is 265 g/mol. The van der Waals surface area contributed by atoms with E-state index in [9.17, 15) is 9.59 Å². The molecule has 0 radical (unpaired) electrons. The fraction of sp³-hybridized carbons (Fsp3) is 0.455. The molecule has 0 unspecified atom stereocenters. The topological polar surface area (TPSA) is 103 Å². The molecule has 0 fully saturated rings. The molecule has 0 aromatic rings. The third-order valence-corrected chi connectivity index (χ3v) is 3.53. The summed E-state index contributed by atoms with van der Waals surface area (Å²) in [4.78, 5) is 22.6. The van der Waals surface area contributed by atoms with Gasteiger partial charge in [0.1, 0.15) is 5.92 Å². The molecule has 94 valence electrons. The summed E-state index contributed by atoms with van der Waals surface area (Å²) in [6, 6.07) is 3.84. The summed E-state index contributed by atoms with van der Waals surface area (Å²) in [6.07, 6.45) is 0. The number of carbonyl (C=O) groups is 2. The number of nitrogens with one attached hydrogen (secondary N) is 1. The van der Waals surface area contributed by atoms with Crippen LogP contribution in [0.5, 0.6) is 0 Å². The Balaban J connectivity index is 2.94.